The molecule has 0 spiro atoms. The van der Waals surface area contributed by atoms with E-state index in [1.807, 2.05) is 0 Å². The van der Waals surface area contributed by atoms with Crippen LogP contribution < -0.4 is 0 Å². The minimum Gasteiger partial charge on any atom is -0.467 e. The van der Waals surface area contributed by atoms with E-state index in [1.54, 1.807) is 34.9 Å². The van der Waals surface area contributed by atoms with Crippen molar-refractivity contribution in [3.63, 3.8) is 0 Å². The number of rotatable bonds is 6. The Bertz CT molecular complexity index is 611. The summed E-state index contributed by atoms with van der Waals surface area (Å²) in [6.07, 6.45) is 4.10. The van der Waals surface area contributed by atoms with Crippen LogP contribution in [0.5, 0.6) is 0 Å². The van der Waals surface area contributed by atoms with Crippen LogP contribution >= 0.6 is 35.0 Å². The third-order valence-corrected chi connectivity index (χ3v) is 6.12. The lowest BCUT2D eigenvalue weighted by atomic mass is 10.1. The van der Waals surface area contributed by atoms with Gasteiger partial charge in [0.1, 0.15) is 6.04 Å². The maximum absolute atomic E-state index is 13.0. The highest BCUT2D eigenvalue weighted by Crippen LogP contribution is 2.35. The van der Waals surface area contributed by atoms with Gasteiger partial charge in [-0.3, -0.25) is 4.79 Å². The number of halogens is 2. The summed E-state index contributed by atoms with van der Waals surface area (Å²) in [6.45, 7) is 2.14. The van der Waals surface area contributed by atoms with E-state index in [0.29, 0.717) is 21.4 Å². The lowest BCUT2D eigenvalue weighted by Crippen LogP contribution is -2.46. The zero-order chi connectivity index (χ0) is 17.7. The third kappa shape index (κ3) is 4.38. The van der Waals surface area contributed by atoms with Crippen molar-refractivity contribution >= 4 is 46.8 Å². The van der Waals surface area contributed by atoms with E-state index in [-0.39, 0.29) is 17.3 Å². The number of ether oxygens (including phenoxy) is 1. The number of unbranched alkanes of at least 4 members (excludes halogenated alkanes) is 2. The Kier molecular flexibility index (Phi) is 7.26. The lowest BCUT2D eigenvalue weighted by Gasteiger charge is -2.28. The van der Waals surface area contributed by atoms with Crippen molar-refractivity contribution in [2.24, 2.45) is 0 Å². The van der Waals surface area contributed by atoms with Crippen LogP contribution in [0, 0.1) is 0 Å². The van der Waals surface area contributed by atoms with Gasteiger partial charge < -0.3 is 9.64 Å². The molecule has 1 aromatic carbocycles. The quantitative estimate of drug-likeness (QED) is 0.525. The number of amides is 1. The molecule has 1 heterocycles. The summed E-state index contributed by atoms with van der Waals surface area (Å²) >= 11 is 13.6. The average Bonchev–Trinajstić information content (AvgIpc) is 3.00. The Hall–Kier alpha value is -0.910. The van der Waals surface area contributed by atoms with Crippen LogP contribution in [0.25, 0.3) is 0 Å². The maximum atomic E-state index is 13.0. The van der Waals surface area contributed by atoms with Gasteiger partial charge in [0.05, 0.1) is 22.5 Å². The van der Waals surface area contributed by atoms with Crippen molar-refractivity contribution in [1.82, 2.24) is 4.90 Å². The molecule has 0 saturated carbocycles. The van der Waals surface area contributed by atoms with Crippen LogP contribution in [0.3, 0.4) is 0 Å². The second kappa shape index (κ2) is 8.97. The summed E-state index contributed by atoms with van der Waals surface area (Å²) < 4.78 is 4.87. The predicted octanol–water partition coefficient (Wildman–Crippen LogP) is 4.63. The number of esters is 1. The molecule has 132 valence electrons. The molecule has 1 fully saturated rings. The first kappa shape index (κ1) is 19.4. The molecule has 2 atom stereocenters. The number of benzene rings is 1. The first-order valence-corrected chi connectivity index (χ1v) is 9.77. The molecule has 1 aliphatic heterocycles. The highest BCUT2D eigenvalue weighted by Gasteiger charge is 2.42. The van der Waals surface area contributed by atoms with Gasteiger partial charge in [-0.1, -0.05) is 49.4 Å². The number of methoxy groups -OCH3 is 1. The monoisotopic (exact) mass is 389 g/mol. The van der Waals surface area contributed by atoms with E-state index >= 15 is 0 Å². The fourth-order valence-electron chi connectivity index (χ4n) is 2.72. The normalized spacial score (nSPS) is 20.2. The Labute approximate surface area is 156 Å². The fraction of sp³-hybridized carbons (Fsp3) is 0.529. The van der Waals surface area contributed by atoms with E-state index in [4.69, 9.17) is 27.9 Å². The third-order valence-electron chi connectivity index (χ3n) is 4.02. The topological polar surface area (TPSA) is 46.6 Å². The highest BCUT2D eigenvalue weighted by atomic mass is 35.5. The molecule has 0 N–H and O–H groups in total. The SMILES string of the molecule is CCCCCC1SCC(C(=O)OC)N1C(=O)c1ccc(Cl)c(Cl)c1. The molecule has 7 heteroatoms. The zero-order valence-corrected chi connectivity index (χ0v) is 16.1. The zero-order valence-electron chi connectivity index (χ0n) is 13.8. The molecule has 0 bridgehead atoms. The van der Waals surface area contributed by atoms with Gasteiger partial charge >= 0.3 is 5.97 Å². The maximum Gasteiger partial charge on any atom is 0.329 e. The van der Waals surface area contributed by atoms with Crippen LogP contribution in [0.15, 0.2) is 18.2 Å². The van der Waals surface area contributed by atoms with Crippen molar-refractivity contribution in [3.05, 3.63) is 33.8 Å². The van der Waals surface area contributed by atoms with E-state index < -0.39 is 6.04 Å². The molecule has 1 amide bonds. The molecule has 4 nitrogen and oxygen atoms in total. The summed E-state index contributed by atoms with van der Waals surface area (Å²) in [5.41, 5.74) is 0.432. The van der Waals surface area contributed by atoms with E-state index in [9.17, 15) is 9.59 Å². The number of carbonyl (C=O) groups excluding carboxylic acids is 2. The van der Waals surface area contributed by atoms with Gasteiger partial charge in [-0.25, -0.2) is 4.79 Å². The van der Waals surface area contributed by atoms with Crippen LogP contribution in [0.1, 0.15) is 43.0 Å². The second-order valence-corrected chi connectivity index (χ2v) is 7.69. The average molecular weight is 390 g/mol. The van der Waals surface area contributed by atoms with Crippen molar-refractivity contribution in [1.29, 1.82) is 0 Å². The molecule has 0 aromatic heterocycles. The van der Waals surface area contributed by atoms with Crippen molar-refractivity contribution < 1.29 is 14.3 Å². The van der Waals surface area contributed by atoms with Gasteiger partial charge in [-0.2, -0.15) is 0 Å². The van der Waals surface area contributed by atoms with Gasteiger partial charge in [0.2, 0.25) is 0 Å². The lowest BCUT2D eigenvalue weighted by molar-refractivity contribution is -0.145. The van der Waals surface area contributed by atoms with Gasteiger partial charge in [0.15, 0.2) is 0 Å². The van der Waals surface area contributed by atoms with Crippen LogP contribution in [-0.2, 0) is 9.53 Å². The molecular formula is C17H21Cl2NO3S. The van der Waals surface area contributed by atoms with Crippen molar-refractivity contribution in [2.75, 3.05) is 12.9 Å². The Balaban J connectivity index is 2.24. The van der Waals surface area contributed by atoms with Crippen LogP contribution in [0.4, 0.5) is 0 Å². The van der Waals surface area contributed by atoms with E-state index in [1.165, 1.54) is 7.11 Å². The van der Waals surface area contributed by atoms with Gasteiger partial charge in [0, 0.05) is 11.3 Å². The van der Waals surface area contributed by atoms with Gasteiger partial charge in [0.25, 0.3) is 5.91 Å². The molecule has 2 unspecified atom stereocenters. The molecule has 0 aliphatic carbocycles. The molecule has 1 aliphatic rings. The Morgan fingerprint density at radius 3 is 2.67 bits per heavy atom. The van der Waals surface area contributed by atoms with E-state index in [0.717, 1.165) is 25.7 Å². The first-order valence-electron chi connectivity index (χ1n) is 7.96. The predicted molar refractivity (Wildman–Crippen MR) is 98.8 cm³/mol. The van der Waals surface area contributed by atoms with Crippen molar-refractivity contribution in [2.45, 2.75) is 44.0 Å². The summed E-state index contributed by atoms with van der Waals surface area (Å²) in [5, 5.41) is 0.696. The number of thioether (sulfide) groups is 1. The molecule has 1 saturated heterocycles. The number of hydrogen-bond donors (Lipinski definition) is 0. The molecule has 0 radical (unpaired) electrons. The fourth-order valence-corrected chi connectivity index (χ4v) is 4.46. The number of carbonyl (C=O) groups is 2. The van der Waals surface area contributed by atoms with Crippen molar-refractivity contribution in [3.8, 4) is 0 Å². The molecular weight excluding hydrogens is 369 g/mol. The minimum absolute atomic E-state index is 0.0254. The largest absolute Gasteiger partial charge is 0.467 e. The summed E-state index contributed by atoms with van der Waals surface area (Å²) in [4.78, 5) is 26.7. The number of hydrogen-bond acceptors (Lipinski definition) is 4. The summed E-state index contributed by atoms with van der Waals surface area (Å²) in [7, 11) is 1.35. The first-order chi connectivity index (χ1) is 11.5. The molecule has 24 heavy (non-hydrogen) atoms. The smallest absolute Gasteiger partial charge is 0.329 e. The Morgan fingerprint density at radius 1 is 1.29 bits per heavy atom. The minimum atomic E-state index is -0.561. The summed E-state index contributed by atoms with van der Waals surface area (Å²) in [5.74, 6) is -0.0411. The Morgan fingerprint density at radius 2 is 2.04 bits per heavy atom. The highest BCUT2D eigenvalue weighted by molar-refractivity contribution is 8.00. The molecule has 2 rings (SSSR count). The summed E-state index contributed by atoms with van der Waals surface area (Å²) in [6, 6.07) is 4.22. The standard InChI is InChI=1S/C17H21Cl2NO3S/c1-3-4-5-6-15-20(14(10-24-15)17(22)23-2)16(21)11-7-8-12(18)13(19)9-11/h7-9,14-15H,3-6,10H2,1-2H3. The second-order valence-electron chi connectivity index (χ2n) is 5.66. The van der Waals surface area contributed by atoms with Crippen LogP contribution in [-0.4, -0.2) is 41.1 Å². The number of nitrogens with zero attached hydrogens (tertiary/aromatic N) is 1. The van der Waals surface area contributed by atoms with E-state index in [2.05, 4.69) is 6.92 Å². The van der Waals surface area contributed by atoms with Gasteiger partial charge in [-0.05, 0) is 24.6 Å². The molecule has 1 aromatic rings. The van der Waals surface area contributed by atoms with Gasteiger partial charge in [-0.15, -0.1) is 11.8 Å². The van der Waals surface area contributed by atoms with Crippen LogP contribution in [0.2, 0.25) is 10.0 Å².